The van der Waals surface area contributed by atoms with Crippen LogP contribution in [0, 0.1) is 41.5 Å². The Kier molecular flexibility index (Phi) is 15.2. The quantitative estimate of drug-likeness (QED) is 0.124. The molecule has 0 radical (unpaired) electrons. The maximum absolute atomic E-state index is 5.92. The van der Waals surface area contributed by atoms with Gasteiger partial charge in [0.15, 0.2) is 0 Å². The average Bonchev–Trinajstić information content (AvgIpc) is 2.55. The van der Waals surface area contributed by atoms with Crippen molar-refractivity contribution in [3.63, 3.8) is 0 Å². The average molecular weight is 1110 g/mol. The Labute approximate surface area is 484 Å². The summed E-state index contributed by atoms with van der Waals surface area (Å²) in [7, 11) is 3.40. The number of aromatic nitrogens is 8. The molecular formula is C67H74N12O4. The highest BCUT2D eigenvalue weighted by atomic mass is 16.5. The number of piperazine rings is 2. The summed E-state index contributed by atoms with van der Waals surface area (Å²) in [6.07, 6.45) is 0. The minimum Gasteiger partial charge on any atom is -0.496 e. The summed E-state index contributed by atoms with van der Waals surface area (Å²) < 4.78 is 22.8. The van der Waals surface area contributed by atoms with Gasteiger partial charge in [-0.25, -0.2) is 19.9 Å². The van der Waals surface area contributed by atoms with E-state index in [-0.39, 0.29) is 14.9 Å². The molecule has 6 aromatic carbocycles. The highest BCUT2D eigenvalue weighted by Gasteiger charge is 2.27. The second-order valence-corrected chi connectivity index (χ2v) is 21.7. The number of rotatable bonds is 9. The Bertz CT molecular complexity index is 4360. The molecule has 2 aliphatic rings. The third-order valence-electron chi connectivity index (χ3n) is 16.5. The molecule has 0 aliphatic carbocycles. The molecule has 2 aliphatic heterocycles. The van der Waals surface area contributed by atoms with E-state index in [1.807, 2.05) is 41.5 Å². The molecular weight excluding hydrogens is 1040 g/mol. The maximum Gasteiger partial charge on any atom is 0.142 e. The molecule has 6 aromatic heterocycles. The maximum atomic E-state index is 5.92. The third-order valence-corrected chi connectivity index (χ3v) is 16.5. The summed E-state index contributed by atoms with van der Waals surface area (Å²) in [5, 5.41) is 20.6. The number of aromatic amines is 2. The largest absolute Gasteiger partial charge is 0.496 e. The molecule has 0 spiro atoms. The van der Waals surface area contributed by atoms with Crippen LogP contribution in [0.5, 0.6) is 11.5 Å². The van der Waals surface area contributed by atoms with Gasteiger partial charge in [0.25, 0.3) is 0 Å². The van der Waals surface area contributed by atoms with Crippen molar-refractivity contribution in [3.8, 4) is 56.3 Å². The lowest BCUT2D eigenvalue weighted by Gasteiger charge is -2.38. The number of H-pyrrole nitrogens is 2. The number of aryl methyl sites for hydroxylation is 6. The van der Waals surface area contributed by atoms with E-state index in [9.17, 15) is 0 Å². The molecule has 0 bridgehead atoms. The van der Waals surface area contributed by atoms with Gasteiger partial charge in [0.1, 0.15) is 46.0 Å². The molecule has 83 heavy (non-hydrogen) atoms. The number of nitrogens with one attached hydrogen (secondary N) is 3. The van der Waals surface area contributed by atoms with Crippen LogP contribution in [0.2, 0.25) is 0 Å². The van der Waals surface area contributed by atoms with Crippen LogP contribution in [0.15, 0.2) is 106 Å². The Balaban J connectivity index is 0.000000170. The van der Waals surface area contributed by atoms with Crippen molar-refractivity contribution in [2.45, 2.75) is 76.3 Å². The predicted molar refractivity (Wildman–Crippen MR) is 339 cm³/mol. The lowest BCUT2D eigenvalue weighted by atomic mass is 9.96. The second-order valence-electron chi connectivity index (χ2n) is 21.7. The van der Waals surface area contributed by atoms with Crippen molar-refractivity contribution in [1.82, 2.24) is 50.4 Å². The Morgan fingerprint density at radius 3 is 1.30 bits per heavy atom. The summed E-state index contributed by atoms with van der Waals surface area (Å²) in [4.78, 5) is 34.4. The van der Waals surface area contributed by atoms with E-state index in [4.69, 9.17) is 38.5 Å². The zero-order chi connectivity index (χ0) is 55.8. The summed E-state index contributed by atoms with van der Waals surface area (Å²) in [6, 6.07) is 35.3. The van der Waals surface area contributed by atoms with Crippen LogP contribution in [0.4, 0.5) is 11.4 Å². The molecule has 0 atom stereocenters. The number of benzene rings is 6. The number of anilines is 2. The van der Waals surface area contributed by atoms with Gasteiger partial charge in [0, 0.05) is 125 Å². The first kappa shape index (κ1) is 56.0. The number of hydrogen-bond donors (Lipinski definition) is 3. The zero-order valence-electron chi connectivity index (χ0n) is 47.6. The first-order valence-electron chi connectivity index (χ1n) is 28.0. The fourth-order valence-electron chi connectivity index (χ4n) is 12.6. The van der Waals surface area contributed by atoms with Crippen molar-refractivity contribution in [3.05, 3.63) is 132 Å². The van der Waals surface area contributed by atoms with Crippen LogP contribution in [0.25, 0.3) is 110 Å². The second kappa shape index (κ2) is 22.5. The minimum atomic E-state index is 0. The molecule has 0 unspecified atom stereocenters. The van der Waals surface area contributed by atoms with Gasteiger partial charge < -0.3 is 43.6 Å². The van der Waals surface area contributed by atoms with Crippen LogP contribution < -0.4 is 24.6 Å². The van der Waals surface area contributed by atoms with Crippen LogP contribution in [-0.2, 0) is 0 Å². The SMILES string of the molecule is C.C.COc1cc2c(cc1-c1c(C)noc1C)[nH]c1nc(C)nc(-c3ccc(N4CCN(C(C)C)CC4)c4ccccc34)c12.COc1cc2c(cc1-c1c(C)noc1C)[nH]c1nc(C)nc(-c3ccc(N4CCNCC4)c4ccccc34)c12. The van der Waals surface area contributed by atoms with E-state index in [2.05, 4.69) is 151 Å². The van der Waals surface area contributed by atoms with Crippen molar-refractivity contribution < 1.29 is 18.5 Å². The normalized spacial score (nSPS) is 14.0. The van der Waals surface area contributed by atoms with E-state index < -0.39 is 0 Å². The molecule has 12 aromatic rings. The first-order chi connectivity index (χ1) is 39.4. The van der Waals surface area contributed by atoms with Crippen LogP contribution >= 0.6 is 0 Å². The van der Waals surface area contributed by atoms with Gasteiger partial charge in [-0.2, -0.15) is 0 Å². The summed E-state index contributed by atoms with van der Waals surface area (Å²) in [6.45, 7) is 24.4. The first-order valence-corrected chi connectivity index (χ1v) is 28.0. The molecule has 2 fully saturated rings. The molecule has 16 nitrogen and oxygen atoms in total. The number of hydrogen-bond acceptors (Lipinski definition) is 14. The van der Waals surface area contributed by atoms with Gasteiger partial charge in [-0.15, -0.1) is 0 Å². The fourth-order valence-corrected chi connectivity index (χ4v) is 12.6. The predicted octanol–water partition coefficient (Wildman–Crippen LogP) is 14.3. The summed E-state index contributed by atoms with van der Waals surface area (Å²) in [5.74, 6) is 4.47. The lowest BCUT2D eigenvalue weighted by Crippen LogP contribution is -2.48. The zero-order valence-corrected chi connectivity index (χ0v) is 47.6. The van der Waals surface area contributed by atoms with Gasteiger partial charge in [0.2, 0.25) is 0 Å². The Morgan fingerprint density at radius 1 is 0.482 bits per heavy atom. The minimum absolute atomic E-state index is 0. The van der Waals surface area contributed by atoms with Gasteiger partial charge in [-0.3, -0.25) is 4.90 Å². The number of nitrogens with zero attached hydrogens (tertiary/aromatic N) is 9. The van der Waals surface area contributed by atoms with Gasteiger partial charge in [-0.1, -0.05) is 85.8 Å². The molecule has 14 rings (SSSR count). The van der Waals surface area contributed by atoms with E-state index in [1.54, 1.807) is 14.2 Å². The molecule has 16 heteroatoms. The summed E-state index contributed by atoms with van der Waals surface area (Å²) >= 11 is 0. The van der Waals surface area contributed by atoms with E-state index >= 15 is 0 Å². The molecule has 3 N–H and O–H groups in total. The molecule has 426 valence electrons. The van der Waals surface area contributed by atoms with Crippen molar-refractivity contribution in [2.24, 2.45) is 0 Å². The van der Waals surface area contributed by atoms with Crippen molar-refractivity contribution in [1.29, 1.82) is 0 Å². The topological polar surface area (TPSA) is 175 Å². The number of methoxy groups -OCH3 is 2. The lowest BCUT2D eigenvalue weighted by molar-refractivity contribution is 0.209. The molecule has 8 heterocycles. The van der Waals surface area contributed by atoms with E-state index in [1.165, 1.54) is 32.9 Å². The Morgan fingerprint density at radius 2 is 0.904 bits per heavy atom. The third kappa shape index (κ3) is 9.72. The van der Waals surface area contributed by atoms with Crippen LogP contribution in [0.1, 0.15) is 63.3 Å². The van der Waals surface area contributed by atoms with Gasteiger partial charge in [0.05, 0.1) is 58.9 Å². The number of fused-ring (bicyclic) bond motifs is 8. The smallest absolute Gasteiger partial charge is 0.142 e. The van der Waals surface area contributed by atoms with Gasteiger partial charge in [-0.05, 0) is 103 Å². The fraction of sp³-hybridized carbons (Fsp3) is 0.313. The van der Waals surface area contributed by atoms with E-state index in [0.29, 0.717) is 6.04 Å². The molecule has 0 saturated carbocycles. The standard InChI is InChI=1S/C34H36N6O2.C31H30N6O2.2CH4/c1-19(2)39-13-15-40(16-14-39)29-12-11-25(23-9-7-8-10-24(23)29)33-32-26-18-30(41-6)27(31-20(3)38-42-21(31)4)17-28(26)37-34(32)36-22(5)35-33;1-17-28(18(2)39-36-17)24-15-25-23(16-27(24)38-4)29-30(33-19(3)34-31(29)35-25)22-9-10-26(37-13-11-32-12-14-37)21-8-6-5-7-20(21)22;;/h7-12,17-19H,13-16H2,1-6H3,(H,35,36,37);5-10,15-16,32H,11-14H2,1-4H3,(H,33,34,35);2*1H4. The number of ether oxygens (including phenoxy) is 2. The Hall–Kier alpha value is -8.86. The van der Waals surface area contributed by atoms with Crippen molar-refractivity contribution >= 4 is 76.8 Å². The monoisotopic (exact) mass is 1110 g/mol. The molecule has 2 saturated heterocycles. The van der Waals surface area contributed by atoms with Crippen LogP contribution in [-0.4, -0.2) is 118 Å². The highest BCUT2D eigenvalue weighted by molar-refractivity contribution is 6.18. The van der Waals surface area contributed by atoms with E-state index in [0.717, 1.165) is 187 Å². The van der Waals surface area contributed by atoms with Crippen LogP contribution in [0.3, 0.4) is 0 Å². The highest BCUT2D eigenvalue weighted by Crippen LogP contribution is 2.46. The van der Waals surface area contributed by atoms with Crippen molar-refractivity contribution in [2.75, 3.05) is 76.4 Å². The molecule has 0 amide bonds. The summed E-state index contributed by atoms with van der Waals surface area (Å²) in [5.41, 5.74) is 15.5. The van der Waals surface area contributed by atoms with Gasteiger partial charge >= 0.3 is 0 Å².